The Morgan fingerprint density at radius 3 is 2.44 bits per heavy atom. The van der Waals surface area contributed by atoms with Crippen LogP contribution in [0.4, 0.5) is 5.00 Å². The normalized spacial score (nSPS) is 10.0. The van der Waals surface area contributed by atoms with Crippen molar-refractivity contribution in [1.82, 2.24) is 0 Å². The van der Waals surface area contributed by atoms with Crippen molar-refractivity contribution in [2.45, 2.75) is 0 Å². The van der Waals surface area contributed by atoms with Gasteiger partial charge < -0.3 is 16.8 Å². The molecule has 1 aromatic heterocycles. The van der Waals surface area contributed by atoms with Gasteiger partial charge in [-0.15, -0.1) is 11.3 Å². The molecule has 0 saturated heterocycles. The van der Waals surface area contributed by atoms with E-state index in [0.717, 1.165) is 10.4 Å². The first-order valence-corrected chi connectivity index (χ1v) is 6.36. The number of anilines is 1. The third kappa shape index (κ3) is 2.66. The minimum Gasteiger partial charge on any atom is -0.376 e. The summed E-state index contributed by atoms with van der Waals surface area (Å²) in [5.74, 6) is -0.507. The lowest BCUT2D eigenvalue weighted by molar-refractivity contribution is 0.100. The Bertz CT molecular complexity index is 593. The zero-order valence-corrected chi connectivity index (χ0v) is 11.0. The number of carbonyl (C=O) groups is 1. The zero-order chi connectivity index (χ0) is 13.1. The van der Waals surface area contributed by atoms with Crippen LogP contribution in [0.2, 0.25) is 0 Å². The lowest BCUT2D eigenvalue weighted by atomic mass is 10.1. The fourth-order valence-corrected chi connectivity index (χ4v) is 2.77. The van der Waals surface area contributed by atoms with Crippen molar-refractivity contribution in [3.63, 3.8) is 0 Å². The SMILES string of the molecule is NC(=O)c1cc(-c2ccccc2)sc1NC(N)=S. The summed E-state index contributed by atoms with van der Waals surface area (Å²) in [5.41, 5.74) is 12.2. The largest absolute Gasteiger partial charge is 0.376 e. The van der Waals surface area contributed by atoms with E-state index in [-0.39, 0.29) is 5.11 Å². The standard InChI is InChI=1S/C12H11N3OS2/c13-10(16)8-6-9(7-4-2-1-3-5-7)18-11(8)15-12(14)17/h1-6H,(H2,13,16)(H3,14,15,17). The summed E-state index contributed by atoms with van der Waals surface area (Å²) >= 11 is 6.16. The predicted molar refractivity (Wildman–Crippen MR) is 78.7 cm³/mol. The first-order valence-electron chi connectivity index (χ1n) is 5.13. The summed E-state index contributed by atoms with van der Waals surface area (Å²) in [5, 5.41) is 3.46. The molecule has 1 aromatic carbocycles. The minimum atomic E-state index is -0.507. The Labute approximate surface area is 114 Å². The number of thiophene rings is 1. The summed E-state index contributed by atoms with van der Waals surface area (Å²) in [6, 6.07) is 11.4. The Hall–Kier alpha value is -1.92. The van der Waals surface area contributed by atoms with E-state index in [1.54, 1.807) is 6.07 Å². The molecule has 0 spiro atoms. The van der Waals surface area contributed by atoms with Gasteiger partial charge in [0.05, 0.1) is 5.56 Å². The van der Waals surface area contributed by atoms with E-state index in [0.29, 0.717) is 10.6 Å². The number of hydrogen-bond donors (Lipinski definition) is 3. The topological polar surface area (TPSA) is 81.1 Å². The van der Waals surface area contributed by atoms with Crippen LogP contribution >= 0.6 is 23.6 Å². The summed E-state index contributed by atoms with van der Waals surface area (Å²) in [7, 11) is 0. The molecule has 0 aliphatic carbocycles. The Morgan fingerprint density at radius 2 is 1.89 bits per heavy atom. The maximum Gasteiger partial charge on any atom is 0.251 e. The molecule has 5 N–H and O–H groups in total. The number of amides is 1. The van der Waals surface area contributed by atoms with Crippen molar-refractivity contribution in [1.29, 1.82) is 0 Å². The first-order chi connectivity index (χ1) is 8.58. The van der Waals surface area contributed by atoms with Gasteiger partial charge in [-0.05, 0) is 23.8 Å². The van der Waals surface area contributed by atoms with Gasteiger partial charge in [0.1, 0.15) is 5.00 Å². The van der Waals surface area contributed by atoms with Crippen LogP contribution < -0.4 is 16.8 Å². The maximum absolute atomic E-state index is 11.4. The monoisotopic (exact) mass is 277 g/mol. The molecule has 18 heavy (non-hydrogen) atoms. The number of thiocarbonyl (C=S) groups is 1. The van der Waals surface area contributed by atoms with Crippen molar-refractivity contribution in [2.75, 3.05) is 5.32 Å². The van der Waals surface area contributed by atoms with Crippen LogP contribution in [0.25, 0.3) is 10.4 Å². The second-order valence-corrected chi connectivity index (χ2v) is 5.07. The van der Waals surface area contributed by atoms with Crippen molar-refractivity contribution in [3.05, 3.63) is 42.0 Å². The van der Waals surface area contributed by atoms with Crippen LogP contribution in [0, 0.1) is 0 Å². The highest BCUT2D eigenvalue weighted by Gasteiger charge is 2.14. The second kappa shape index (κ2) is 5.16. The number of rotatable bonds is 3. The summed E-state index contributed by atoms with van der Waals surface area (Å²) in [4.78, 5) is 12.3. The average Bonchev–Trinajstić information content (AvgIpc) is 2.73. The van der Waals surface area contributed by atoms with E-state index in [9.17, 15) is 4.79 Å². The van der Waals surface area contributed by atoms with E-state index in [1.165, 1.54) is 11.3 Å². The quantitative estimate of drug-likeness (QED) is 0.751. The maximum atomic E-state index is 11.4. The van der Waals surface area contributed by atoms with Gasteiger partial charge in [0, 0.05) is 4.88 Å². The van der Waals surface area contributed by atoms with Gasteiger partial charge in [-0.1, -0.05) is 30.3 Å². The Morgan fingerprint density at radius 1 is 1.22 bits per heavy atom. The molecular weight excluding hydrogens is 266 g/mol. The van der Waals surface area contributed by atoms with Gasteiger partial charge in [0.25, 0.3) is 5.91 Å². The van der Waals surface area contributed by atoms with Crippen LogP contribution in [0.5, 0.6) is 0 Å². The van der Waals surface area contributed by atoms with Crippen LogP contribution in [-0.2, 0) is 0 Å². The molecule has 0 saturated carbocycles. The minimum absolute atomic E-state index is 0.110. The molecule has 6 heteroatoms. The molecule has 0 bridgehead atoms. The zero-order valence-electron chi connectivity index (χ0n) is 9.34. The van der Waals surface area contributed by atoms with E-state index in [4.69, 9.17) is 23.7 Å². The van der Waals surface area contributed by atoms with Gasteiger partial charge in [-0.2, -0.15) is 0 Å². The van der Waals surface area contributed by atoms with Crippen molar-refractivity contribution >= 4 is 39.6 Å². The fraction of sp³-hybridized carbons (Fsp3) is 0. The second-order valence-electron chi connectivity index (χ2n) is 3.57. The molecule has 2 rings (SSSR count). The van der Waals surface area contributed by atoms with Crippen LogP contribution in [-0.4, -0.2) is 11.0 Å². The number of benzene rings is 1. The van der Waals surface area contributed by atoms with Crippen LogP contribution in [0.1, 0.15) is 10.4 Å². The van der Waals surface area contributed by atoms with Gasteiger partial charge >= 0.3 is 0 Å². The van der Waals surface area contributed by atoms with Crippen molar-refractivity contribution in [3.8, 4) is 10.4 Å². The van der Waals surface area contributed by atoms with Crippen molar-refractivity contribution < 1.29 is 4.79 Å². The molecule has 4 nitrogen and oxygen atoms in total. The fourth-order valence-electron chi connectivity index (χ4n) is 1.52. The molecule has 1 heterocycles. The van der Waals surface area contributed by atoms with Crippen LogP contribution in [0.15, 0.2) is 36.4 Å². The molecule has 2 aromatic rings. The molecule has 0 atom stereocenters. The van der Waals surface area contributed by atoms with Gasteiger partial charge in [-0.25, -0.2) is 0 Å². The number of primary amides is 1. The molecule has 1 amide bonds. The smallest absolute Gasteiger partial charge is 0.251 e. The van der Waals surface area contributed by atoms with E-state index >= 15 is 0 Å². The molecule has 0 unspecified atom stereocenters. The Kier molecular flexibility index (Phi) is 3.59. The van der Waals surface area contributed by atoms with E-state index in [2.05, 4.69) is 5.32 Å². The highest BCUT2D eigenvalue weighted by molar-refractivity contribution is 7.80. The molecule has 0 fully saturated rings. The molecule has 0 aliphatic rings. The average molecular weight is 277 g/mol. The number of nitrogens with two attached hydrogens (primary N) is 2. The first kappa shape index (κ1) is 12.5. The van der Waals surface area contributed by atoms with Gasteiger partial charge in [0.15, 0.2) is 5.11 Å². The number of carbonyl (C=O) groups excluding carboxylic acids is 1. The third-order valence-corrected chi connectivity index (χ3v) is 3.49. The highest BCUT2D eigenvalue weighted by atomic mass is 32.1. The predicted octanol–water partition coefficient (Wildman–Crippen LogP) is 2.17. The van der Waals surface area contributed by atoms with E-state index in [1.807, 2.05) is 30.3 Å². The lowest BCUT2D eigenvalue weighted by Crippen LogP contribution is -2.20. The molecule has 0 radical (unpaired) electrons. The van der Waals surface area contributed by atoms with Gasteiger partial charge in [-0.3, -0.25) is 4.79 Å². The summed E-state index contributed by atoms with van der Waals surface area (Å²) in [6.07, 6.45) is 0. The lowest BCUT2D eigenvalue weighted by Gasteiger charge is -2.01. The van der Waals surface area contributed by atoms with Crippen molar-refractivity contribution in [2.24, 2.45) is 11.5 Å². The van der Waals surface area contributed by atoms with Crippen LogP contribution in [0.3, 0.4) is 0 Å². The summed E-state index contributed by atoms with van der Waals surface area (Å²) < 4.78 is 0. The molecule has 92 valence electrons. The van der Waals surface area contributed by atoms with Gasteiger partial charge in [0.2, 0.25) is 0 Å². The molecular formula is C12H11N3OS2. The number of nitrogens with one attached hydrogen (secondary N) is 1. The highest BCUT2D eigenvalue weighted by Crippen LogP contribution is 2.35. The Balaban J connectivity index is 2.45. The molecule has 0 aliphatic heterocycles. The third-order valence-electron chi connectivity index (χ3n) is 2.29. The van der Waals surface area contributed by atoms with E-state index < -0.39 is 5.91 Å². The summed E-state index contributed by atoms with van der Waals surface area (Å²) in [6.45, 7) is 0. The number of hydrogen-bond acceptors (Lipinski definition) is 3.